The van der Waals surface area contributed by atoms with Gasteiger partial charge in [0, 0.05) is 31.2 Å². The lowest BCUT2D eigenvalue weighted by atomic mass is 10.0. The molecule has 7 nitrogen and oxygen atoms in total. The van der Waals surface area contributed by atoms with Crippen molar-refractivity contribution in [3.63, 3.8) is 0 Å². The molecule has 0 unspecified atom stereocenters. The molecule has 2 saturated heterocycles. The van der Waals surface area contributed by atoms with Crippen LogP contribution in [0.5, 0.6) is 0 Å². The molecular formula is C20H27FN4O3. The lowest BCUT2D eigenvalue weighted by Crippen LogP contribution is -2.45. The third-order valence-corrected chi connectivity index (χ3v) is 5.33. The van der Waals surface area contributed by atoms with E-state index in [0.717, 1.165) is 38.9 Å². The fourth-order valence-electron chi connectivity index (χ4n) is 3.64. The Kier molecular flexibility index (Phi) is 5.98. The van der Waals surface area contributed by atoms with E-state index >= 15 is 0 Å². The summed E-state index contributed by atoms with van der Waals surface area (Å²) in [6.07, 6.45) is 2.40. The first-order valence-corrected chi connectivity index (χ1v) is 9.69. The smallest absolute Gasteiger partial charge is 0.325 e. The minimum absolute atomic E-state index is 0.0977. The van der Waals surface area contributed by atoms with E-state index in [4.69, 9.17) is 0 Å². The summed E-state index contributed by atoms with van der Waals surface area (Å²) in [7, 11) is 0. The molecule has 2 N–H and O–H groups in total. The van der Waals surface area contributed by atoms with Crippen molar-refractivity contribution in [1.29, 1.82) is 0 Å². The molecule has 0 saturated carbocycles. The molecule has 0 radical (unpaired) electrons. The zero-order chi connectivity index (χ0) is 20.3. The van der Waals surface area contributed by atoms with Crippen molar-refractivity contribution in [2.75, 3.05) is 26.2 Å². The molecule has 4 amide bonds. The predicted octanol–water partition coefficient (Wildman–Crippen LogP) is 1.74. The second-order valence-corrected chi connectivity index (χ2v) is 7.96. The lowest BCUT2D eigenvalue weighted by Gasteiger charge is -2.32. The molecule has 2 fully saturated rings. The number of likely N-dealkylation sites (tertiary alicyclic amines) is 1. The number of halogens is 1. The monoisotopic (exact) mass is 390 g/mol. The van der Waals surface area contributed by atoms with E-state index < -0.39 is 5.54 Å². The van der Waals surface area contributed by atoms with Crippen molar-refractivity contribution >= 4 is 17.8 Å². The standard InChI is InChI=1S/C20H27FN4O3/c1-20(2)18(27)25(19(28)23-20)11-3-10-24-12-8-16(9-13-24)22-17(26)14-4-6-15(21)7-5-14/h4-7,16H,3,8-13H2,1-2H3,(H,22,26)(H,23,28). The van der Waals surface area contributed by atoms with Crippen LogP contribution >= 0.6 is 0 Å². The number of nitrogens with one attached hydrogen (secondary N) is 2. The Morgan fingerprint density at radius 3 is 2.39 bits per heavy atom. The number of nitrogens with zero attached hydrogens (tertiary/aromatic N) is 2. The van der Waals surface area contributed by atoms with Gasteiger partial charge in [0.25, 0.3) is 11.8 Å². The molecule has 0 bridgehead atoms. The predicted molar refractivity (Wildman–Crippen MR) is 102 cm³/mol. The average Bonchev–Trinajstić information content (AvgIpc) is 2.85. The van der Waals surface area contributed by atoms with Crippen LogP contribution in [0.4, 0.5) is 9.18 Å². The van der Waals surface area contributed by atoms with Crippen molar-refractivity contribution in [1.82, 2.24) is 20.4 Å². The molecule has 1 aromatic rings. The Morgan fingerprint density at radius 1 is 1.18 bits per heavy atom. The summed E-state index contributed by atoms with van der Waals surface area (Å²) in [5.41, 5.74) is -0.363. The minimum Gasteiger partial charge on any atom is -0.349 e. The Morgan fingerprint density at radius 2 is 1.82 bits per heavy atom. The normalized spacial score (nSPS) is 20.3. The van der Waals surface area contributed by atoms with Crippen molar-refractivity contribution in [2.24, 2.45) is 0 Å². The van der Waals surface area contributed by atoms with Gasteiger partial charge in [-0.05, 0) is 63.9 Å². The summed E-state index contributed by atoms with van der Waals surface area (Å²) in [5.74, 6) is -0.721. The van der Waals surface area contributed by atoms with Crippen LogP contribution in [0.1, 0.15) is 43.5 Å². The topological polar surface area (TPSA) is 81.8 Å². The summed E-state index contributed by atoms with van der Waals surface area (Å²) in [5, 5.41) is 5.69. The van der Waals surface area contributed by atoms with Crippen LogP contribution in [-0.2, 0) is 4.79 Å². The molecule has 8 heteroatoms. The van der Waals surface area contributed by atoms with Gasteiger partial charge in [-0.1, -0.05) is 0 Å². The third kappa shape index (κ3) is 4.67. The largest absolute Gasteiger partial charge is 0.349 e. The van der Waals surface area contributed by atoms with E-state index in [-0.39, 0.29) is 29.7 Å². The molecule has 152 valence electrons. The molecule has 3 rings (SSSR count). The van der Waals surface area contributed by atoms with Gasteiger partial charge in [0.15, 0.2) is 0 Å². The number of imide groups is 1. The highest BCUT2D eigenvalue weighted by molar-refractivity contribution is 6.06. The number of amides is 4. The number of piperidine rings is 1. The molecule has 0 spiro atoms. The molecule has 1 aromatic carbocycles. The Balaban J connectivity index is 1.37. The van der Waals surface area contributed by atoms with E-state index in [0.29, 0.717) is 12.1 Å². The summed E-state index contributed by atoms with van der Waals surface area (Å²) in [6, 6.07) is 5.31. The fraction of sp³-hybridized carbons (Fsp3) is 0.550. The Hall–Kier alpha value is -2.48. The summed E-state index contributed by atoms with van der Waals surface area (Å²) in [6.45, 7) is 6.32. The van der Waals surface area contributed by atoms with Gasteiger partial charge in [-0.25, -0.2) is 9.18 Å². The number of rotatable bonds is 6. The highest BCUT2D eigenvalue weighted by Crippen LogP contribution is 2.17. The number of urea groups is 1. The number of hydrogen-bond acceptors (Lipinski definition) is 4. The summed E-state index contributed by atoms with van der Waals surface area (Å²) in [4.78, 5) is 39.8. The van der Waals surface area contributed by atoms with Crippen molar-refractivity contribution < 1.29 is 18.8 Å². The van der Waals surface area contributed by atoms with Crippen LogP contribution in [0.15, 0.2) is 24.3 Å². The quantitative estimate of drug-likeness (QED) is 0.725. The van der Waals surface area contributed by atoms with Gasteiger partial charge in [0.05, 0.1) is 0 Å². The summed E-state index contributed by atoms with van der Waals surface area (Å²) < 4.78 is 13.0. The van der Waals surface area contributed by atoms with Crippen LogP contribution in [-0.4, -0.2) is 65.4 Å². The molecule has 0 atom stereocenters. The highest BCUT2D eigenvalue weighted by atomic mass is 19.1. The van der Waals surface area contributed by atoms with Crippen molar-refractivity contribution in [3.05, 3.63) is 35.6 Å². The number of carbonyl (C=O) groups is 3. The molecule has 0 aliphatic carbocycles. The van der Waals surface area contributed by atoms with Gasteiger partial charge in [0.2, 0.25) is 0 Å². The van der Waals surface area contributed by atoms with Gasteiger partial charge in [-0.15, -0.1) is 0 Å². The first kappa shape index (κ1) is 20.3. The fourth-order valence-corrected chi connectivity index (χ4v) is 3.64. The first-order chi connectivity index (χ1) is 13.3. The van der Waals surface area contributed by atoms with E-state index in [1.807, 2.05) is 0 Å². The third-order valence-electron chi connectivity index (χ3n) is 5.33. The van der Waals surface area contributed by atoms with Crippen LogP contribution in [0, 0.1) is 5.82 Å². The van der Waals surface area contributed by atoms with Crippen LogP contribution < -0.4 is 10.6 Å². The van der Waals surface area contributed by atoms with Crippen molar-refractivity contribution in [3.8, 4) is 0 Å². The van der Waals surface area contributed by atoms with E-state index in [1.54, 1.807) is 13.8 Å². The maximum absolute atomic E-state index is 13.0. The van der Waals surface area contributed by atoms with Crippen LogP contribution in [0.25, 0.3) is 0 Å². The van der Waals surface area contributed by atoms with Gasteiger partial charge in [-0.3, -0.25) is 14.5 Å². The van der Waals surface area contributed by atoms with Gasteiger partial charge >= 0.3 is 6.03 Å². The zero-order valence-corrected chi connectivity index (χ0v) is 16.3. The second kappa shape index (κ2) is 8.26. The number of benzene rings is 1. The highest BCUT2D eigenvalue weighted by Gasteiger charge is 2.43. The second-order valence-electron chi connectivity index (χ2n) is 7.96. The molecule has 28 heavy (non-hydrogen) atoms. The van der Waals surface area contributed by atoms with E-state index in [2.05, 4.69) is 15.5 Å². The number of carbonyl (C=O) groups excluding carboxylic acids is 3. The van der Waals surface area contributed by atoms with Crippen LogP contribution in [0.2, 0.25) is 0 Å². The van der Waals surface area contributed by atoms with E-state index in [1.165, 1.54) is 29.2 Å². The molecule has 0 aromatic heterocycles. The van der Waals surface area contributed by atoms with Crippen molar-refractivity contribution in [2.45, 2.75) is 44.7 Å². The first-order valence-electron chi connectivity index (χ1n) is 9.69. The van der Waals surface area contributed by atoms with Crippen LogP contribution in [0.3, 0.4) is 0 Å². The summed E-state index contributed by atoms with van der Waals surface area (Å²) >= 11 is 0. The zero-order valence-electron chi connectivity index (χ0n) is 16.3. The SMILES string of the molecule is CC1(C)NC(=O)N(CCCN2CCC(NC(=O)c3ccc(F)cc3)CC2)C1=O. The lowest BCUT2D eigenvalue weighted by molar-refractivity contribution is -0.130. The number of hydrogen-bond donors (Lipinski definition) is 2. The maximum Gasteiger partial charge on any atom is 0.325 e. The van der Waals surface area contributed by atoms with Gasteiger partial charge in [-0.2, -0.15) is 0 Å². The molecule has 2 heterocycles. The van der Waals surface area contributed by atoms with Gasteiger partial charge < -0.3 is 15.5 Å². The van der Waals surface area contributed by atoms with E-state index in [9.17, 15) is 18.8 Å². The molecule has 2 aliphatic heterocycles. The molecule has 2 aliphatic rings. The van der Waals surface area contributed by atoms with Gasteiger partial charge in [0.1, 0.15) is 11.4 Å². The minimum atomic E-state index is -0.821. The maximum atomic E-state index is 13.0. The Labute approximate surface area is 164 Å². The molecular weight excluding hydrogens is 363 g/mol. The average molecular weight is 390 g/mol. The Bertz CT molecular complexity index is 742.